The molecule has 38 heavy (non-hydrogen) atoms. The van der Waals surface area contributed by atoms with Gasteiger partial charge in [-0.3, -0.25) is 14.6 Å². The highest BCUT2D eigenvalue weighted by Crippen LogP contribution is 2.32. The van der Waals surface area contributed by atoms with Crippen LogP contribution in [0.4, 0.5) is 13.2 Å². The molecule has 5 rings (SSSR count). The van der Waals surface area contributed by atoms with E-state index in [1.807, 2.05) is 0 Å². The summed E-state index contributed by atoms with van der Waals surface area (Å²) in [6.45, 7) is 0.535. The van der Waals surface area contributed by atoms with Crippen LogP contribution in [0.5, 0.6) is 5.75 Å². The van der Waals surface area contributed by atoms with Crippen molar-refractivity contribution in [1.82, 2.24) is 20.6 Å². The summed E-state index contributed by atoms with van der Waals surface area (Å²) in [7, 11) is 0. The number of aromatic nitrogens is 2. The number of halogens is 3. The third kappa shape index (κ3) is 5.41. The van der Waals surface area contributed by atoms with E-state index in [-0.39, 0.29) is 17.5 Å². The first kappa shape index (κ1) is 25.5. The van der Waals surface area contributed by atoms with Crippen molar-refractivity contribution in [1.29, 1.82) is 0 Å². The lowest BCUT2D eigenvalue weighted by molar-refractivity contribution is -0.189. The van der Waals surface area contributed by atoms with Gasteiger partial charge in [0.1, 0.15) is 5.75 Å². The molecule has 0 saturated heterocycles. The Labute approximate surface area is 216 Å². The predicted molar refractivity (Wildman–Crippen MR) is 132 cm³/mol. The van der Waals surface area contributed by atoms with Gasteiger partial charge in [0, 0.05) is 47.7 Å². The first-order chi connectivity index (χ1) is 18.2. The van der Waals surface area contributed by atoms with Crippen molar-refractivity contribution in [3.8, 4) is 28.3 Å². The number of benzene rings is 1. The Bertz CT molecular complexity index is 1390. The lowest BCUT2D eigenvalue weighted by Gasteiger charge is -2.23. The predicted octanol–water partition coefficient (Wildman–Crippen LogP) is 4.56. The molecule has 11 heteroatoms. The highest BCUT2D eigenvalue weighted by atomic mass is 19.4. The molecule has 0 bridgehead atoms. The van der Waals surface area contributed by atoms with Crippen LogP contribution in [0.25, 0.3) is 22.5 Å². The van der Waals surface area contributed by atoms with E-state index in [4.69, 9.17) is 0 Å². The van der Waals surface area contributed by atoms with E-state index in [1.54, 1.807) is 24.3 Å². The number of alkyl halides is 3. The van der Waals surface area contributed by atoms with E-state index in [9.17, 15) is 27.6 Å². The number of aromatic amines is 1. The molecule has 1 saturated carbocycles. The molecule has 1 aromatic carbocycles. The number of esters is 1. The van der Waals surface area contributed by atoms with Crippen molar-refractivity contribution in [3.63, 3.8) is 0 Å². The van der Waals surface area contributed by atoms with Crippen LogP contribution in [-0.4, -0.2) is 46.5 Å². The van der Waals surface area contributed by atoms with Gasteiger partial charge in [-0.25, -0.2) is 4.79 Å². The molecule has 2 aromatic heterocycles. The summed E-state index contributed by atoms with van der Waals surface area (Å²) in [6, 6.07) is 9.15. The number of carbonyl (C=O) groups excluding carboxylic acids is 3. The topological polar surface area (TPSA) is 113 Å². The summed E-state index contributed by atoms with van der Waals surface area (Å²) < 4.78 is 43.7. The molecule has 0 unspecified atom stereocenters. The van der Waals surface area contributed by atoms with Gasteiger partial charge in [0.2, 0.25) is 0 Å². The number of carbonyl (C=O) groups is 3. The molecular weight excluding hydrogens is 501 g/mol. The van der Waals surface area contributed by atoms with Gasteiger partial charge in [0.15, 0.2) is 0 Å². The maximum atomic E-state index is 13.0. The summed E-state index contributed by atoms with van der Waals surface area (Å²) in [5, 5.41) is 5.63. The number of pyridine rings is 1. The number of hydrogen-bond donors (Lipinski definition) is 3. The average Bonchev–Trinajstić information content (AvgIpc) is 3.35. The van der Waals surface area contributed by atoms with Crippen LogP contribution in [0.1, 0.15) is 58.5 Å². The third-order valence-corrected chi connectivity index (χ3v) is 6.77. The van der Waals surface area contributed by atoms with Crippen LogP contribution in [0.15, 0.2) is 42.6 Å². The Morgan fingerprint density at radius 3 is 2.55 bits per heavy atom. The minimum absolute atomic E-state index is 0.0888. The fourth-order valence-corrected chi connectivity index (χ4v) is 4.83. The number of nitrogens with zero attached hydrogens (tertiary/aromatic N) is 1. The highest BCUT2D eigenvalue weighted by molar-refractivity contribution is 5.99. The van der Waals surface area contributed by atoms with E-state index in [0.717, 1.165) is 37.8 Å². The number of rotatable bonds is 5. The average molecular weight is 527 g/mol. The second kappa shape index (κ2) is 10.3. The van der Waals surface area contributed by atoms with Crippen molar-refractivity contribution < 1.29 is 32.3 Å². The van der Waals surface area contributed by atoms with Crippen LogP contribution >= 0.6 is 0 Å². The number of hydrogen-bond acceptors (Lipinski definition) is 5. The molecule has 0 radical (unpaired) electrons. The quantitative estimate of drug-likeness (QED) is 0.333. The third-order valence-electron chi connectivity index (χ3n) is 6.77. The van der Waals surface area contributed by atoms with E-state index >= 15 is 0 Å². The molecular formula is C27H25F3N4O4. The SMILES string of the molecule is O=C(NC1CCCCC1)c1ccc(-c2cc(-c3cc4c([nH]3)CCNC4=O)ccn2)cc1OC(=O)C(F)(F)F. The fourth-order valence-electron chi connectivity index (χ4n) is 4.83. The number of H-pyrrole nitrogens is 1. The minimum Gasteiger partial charge on any atom is -0.419 e. The van der Waals surface area contributed by atoms with Crippen molar-refractivity contribution in [2.24, 2.45) is 0 Å². The van der Waals surface area contributed by atoms with E-state index in [1.165, 1.54) is 18.3 Å². The van der Waals surface area contributed by atoms with Gasteiger partial charge >= 0.3 is 12.1 Å². The molecule has 0 spiro atoms. The summed E-state index contributed by atoms with van der Waals surface area (Å²) in [6.07, 6.45) is 1.49. The first-order valence-corrected chi connectivity index (χ1v) is 12.4. The first-order valence-electron chi connectivity index (χ1n) is 12.4. The Morgan fingerprint density at radius 2 is 1.82 bits per heavy atom. The van der Waals surface area contributed by atoms with E-state index in [2.05, 4.69) is 25.3 Å². The van der Waals surface area contributed by atoms with Crippen molar-refractivity contribution in [3.05, 3.63) is 59.4 Å². The van der Waals surface area contributed by atoms with Gasteiger partial charge < -0.3 is 20.4 Å². The maximum absolute atomic E-state index is 13.0. The van der Waals surface area contributed by atoms with Crippen LogP contribution < -0.4 is 15.4 Å². The molecule has 3 N–H and O–H groups in total. The summed E-state index contributed by atoms with van der Waals surface area (Å²) in [4.78, 5) is 44.3. The lowest BCUT2D eigenvalue weighted by atomic mass is 9.95. The molecule has 2 amide bonds. The van der Waals surface area contributed by atoms with Crippen LogP contribution in [0.2, 0.25) is 0 Å². The Hall–Kier alpha value is -4.15. The zero-order chi connectivity index (χ0) is 26.9. The maximum Gasteiger partial charge on any atom is 0.491 e. The fraction of sp³-hybridized carbons (Fsp3) is 0.333. The van der Waals surface area contributed by atoms with Gasteiger partial charge in [0.05, 0.1) is 16.8 Å². The largest absolute Gasteiger partial charge is 0.491 e. The lowest BCUT2D eigenvalue weighted by Crippen LogP contribution is -2.36. The standard InChI is InChI=1S/C27H25F3N4O4/c28-27(29,30)26(37)38-23-13-15(6-7-18(23)25(36)33-17-4-2-1-3-5-17)21-12-16(8-10-31-21)22-14-19-20(34-22)9-11-32-24(19)35/h6-8,10,12-14,17,34H,1-5,9,11H2,(H,32,35)(H,33,36). The normalized spacial score (nSPS) is 15.9. The molecule has 2 aliphatic rings. The van der Waals surface area contributed by atoms with Gasteiger partial charge in [-0.15, -0.1) is 0 Å². The zero-order valence-electron chi connectivity index (χ0n) is 20.3. The number of nitrogens with one attached hydrogen (secondary N) is 3. The second-order valence-electron chi connectivity index (χ2n) is 9.42. The van der Waals surface area contributed by atoms with Crippen molar-refractivity contribution in [2.75, 3.05) is 6.54 Å². The molecule has 1 fully saturated rings. The van der Waals surface area contributed by atoms with Gasteiger partial charge in [-0.05, 0) is 43.2 Å². The van der Waals surface area contributed by atoms with Crippen molar-refractivity contribution >= 4 is 17.8 Å². The molecule has 1 aliphatic carbocycles. The summed E-state index contributed by atoms with van der Waals surface area (Å²) in [5.74, 6) is -3.69. The molecule has 3 aromatic rings. The van der Waals surface area contributed by atoms with Crippen LogP contribution in [0.3, 0.4) is 0 Å². The monoisotopic (exact) mass is 526 g/mol. The molecule has 3 heterocycles. The van der Waals surface area contributed by atoms with E-state index in [0.29, 0.717) is 41.0 Å². The Balaban J connectivity index is 1.47. The molecule has 1 aliphatic heterocycles. The van der Waals surface area contributed by atoms with Gasteiger partial charge in [0.25, 0.3) is 11.8 Å². The summed E-state index contributed by atoms with van der Waals surface area (Å²) in [5.41, 5.74) is 3.31. The highest BCUT2D eigenvalue weighted by Gasteiger charge is 2.42. The summed E-state index contributed by atoms with van der Waals surface area (Å²) >= 11 is 0. The molecule has 198 valence electrons. The number of ether oxygens (including phenoxy) is 1. The Morgan fingerprint density at radius 1 is 1.03 bits per heavy atom. The number of fused-ring (bicyclic) bond motifs is 1. The van der Waals surface area contributed by atoms with Gasteiger partial charge in [-0.2, -0.15) is 13.2 Å². The molecule has 0 atom stereocenters. The van der Waals surface area contributed by atoms with Gasteiger partial charge in [-0.1, -0.05) is 25.3 Å². The van der Waals surface area contributed by atoms with E-state index < -0.39 is 23.8 Å². The smallest absolute Gasteiger partial charge is 0.419 e. The Kier molecular flexibility index (Phi) is 6.92. The van der Waals surface area contributed by atoms with Crippen molar-refractivity contribution in [2.45, 2.75) is 50.7 Å². The zero-order valence-corrected chi connectivity index (χ0v) is 20.3. The minimum atomic E-state index is -5.23. The molecule has 8 nitrogen and oxygen atoms in total. The number of amides is 2. The van der Waals surface area contributed by atoms with Crippen LogP contribution in [-0.2, 0) is 11.2 Å². The second-order valence-corrected chi connectivity index (χ2v) is 9.42. The van der Waals surface area contributed by atoms with Crippen LogP contribution in [0, 0.1) is 0 Å².